The maximum absolute atomic E-state index is 4.28. The number of hydrogen-bond donors (Lipinski definition) is 2. The van der Waals surface area contributed by atoms with Gasteiger partial charge in [-0.2, -0.15) is 0 Å². The molecular formula is C13H23IN4S. The zero-order valence-corrected chi connectivity index (χ0v) is 14.8. The predicted octanol–water partition coefficient (Wildman–Crippen LogP) is 3.07. The monoisotopic (exact) mass is 394 g/mol. The van der Waals surface area contributed by atoms with Crippen molar-refractivity contribution in [1.82, 2.24) is 15.6 Å². The van der Waals surface area contributed by atoms with E-state index in [1.807, 2.05) is 20.2 Å². The van der Waals surface area contributed by atoms with Gasteiger partial charge in [0, 0.05) is 24.2 Å². The van der Waals surface area contributed by atoms with E-state index in [2.05, 4.69) is 20.6 Å². The van der Waals surface area contributed by atoms with Gasteiger partial charge < -0.3 is 10.6 Å². The standard InChI is InChI=1S/C13H22N4S.HI/c1-10-15-8-12(18-10)9-16-13(14-2)17-11-6-4-3-5-7-11;/h8,11H,3-7,9H2,1-2H3,(H2,14,16,17);1H. The van der Waals surface area contributed by atoms with Gasteiger partial charge in [0.25, 0.3) is 0 Å². The van der Waals surface area contributed by atoms with Crippen LogP contribution >= 0.6 is 35.3 Å². The third kappa shape index (κ3) is 5.64. The number of nitrogens with one attached hydrogen (secondary N) is 2. The molecule has 1 aliphatic carbocycles. The molecule has 0 amide bonds. The summed E-state index contributed by atoms with van der Waals surface area (Å²) in [5.74, 6) is 0.910. The van der Waals surface area contributed by atoms with E-state index in [0.29, 0.717) is 6.04 Å². The van der Waals surface area contributed by atoms with Crippen LogP contribution in [0.4, 0.5) is 0 Å². The highest BCUT2D eigenvalue weighted by molar-refractivity contribution is 14.0. The molecule has 0 aliphatic heterocycles. The molecule has 0 atom stereocenters. The third-order valence-corrected chi connectivity index (χ3v) is 4.18. The number of nitrogens with zero attached hydrogens (tertiary/aromatic N) is 2. The van der Waals surface area contributed by atoms with Crippen molar-refractivity contribution in [2.75, 3.05) is 7.05 Å². The molecule has 6 heteroatoms. The molecule has 1 saturated carbocycles. The molecule has 0 saturated heterocycles. The van der Waals surface area contributed by atoms with Gasteiger partial charge >= 0.3 is 0 Å². The smallest absolute Gasteiger partial charge is 0.191 e. The number of guanidine groups is 1. The molecule has 19 heavy (non-hydrogen) atoms. The average molecular weight is 394 g/mol. The van der Waals surface area contributed by atoms with Gasteiger partial charge in [0.2, 0.25) is 0 Å². The van der Waals surface area contributed by atoms with Crippen LogP contribution in [0.3, 0.4) is 0 Å². The van der Waals surface area contributed by atoms with Crippen LogP contribution in [-0.4, -0.2) is 24.0 Å². The van der Waals surface area contributed by atoms with Gasteiger partial charge in [-0.15, -0.1) is 35.3 Å². The Morgan fingerprint density at radius 2 is 2.16 bits per heavy atom. The van der Waals surface area contributed by atoms with Gasteiger partial charge in [-0.1, -0.05) is 19.3 Å². The molecule has 2 rings (SSSR count). The average Bonchev–Trinajstić information content (AvgIpc) is 2.81. The number of halogens is 1. The van der Waals surface area contributed by atoms with Crippen molar-refractivity contribution in [3.63, 3.8) is 0 Å². The lowest BCUT2D eigenvalue weighted by Gasteiger charge is -2.24. The van der Waals surface area contributed by atoms with E-state index in [4.69, 9.17) is 0 Å². The molecule has 1 fully saturated rings. The molecule has 0 spiro atoms. The normalized spacial score (nSPS) is 16.8. The lowest BCUT2D eigenvalue weighted by Crippen LogP contribution is -2.43. The maximum Gasteiger partial charge on any atom is 0.191 e. The van der Waals surface area contributed by atoms with Crippen molar-refractivity contribution in [3.05, 3.63) is 16.1 Å². The van der Waals surface area contributed by atoms with Crippen LogP contribution in [0.2, 0.25) is 0 Å². The topological polar surface area (TPSA) is 49.3 Å². The minimum Gasteiger partial charge on any atom is -0.354 e. The van der Waals surface area contributed by atoms with E-state index in [-0.39, 0.29) is 24.0 Å². The first-order chi connectivity index (χ1) is 8.78. The van der Waals surface area contributed by atoms with Crippen LogP contribution in [0.5, 0.6) is 0 Å². The Balaban J connectivity index is 0.00000180. The Labute approximate surface area is 136 Å². The minimum absolute atomic E-state index is 0. The highest BCUT2D eigenvalue weighted by Crippen LogP contribution is 2.17. The van der Waals surface area contributed by atoms with E-state index in [1.165, 1.54) is 37.0 Å². The van der Waals surface area contributed by atoms with Crippen molar-refractivity contribution in [1.29, 1.82) is 0 Å². The highest BCUT2D eigenvalue weighted by Gasteiger charge is 2.14. The van der Waals surface area contributed by atoms with Crippen LogP contribution in [-0.2, 0) is 6.54 Å². The first-order valence-electron chi connectivity index (χ1n) is 6.66. The molecule has 108 valence electrons. The van der Waals surface area contributed by atoms with Crippen LogP contribution < -0.4 is 10.6 Å². The summed E-state index contributed by atoms with van der Waals surface area (Å²) >= 11 is 1.73. The van der Waals surface area contributed by atoms with E-state index in [0.717, 1.165) is 17.5 Å². The Morgan fingerprint density at radius 1 is 1.42 bits per heavy atom. The lowest BCUT2D eigenvalue weighted by molar-refractivity contribution is 0.410. The summed E-state index contributed by atoms with van der Waals surface area (Å²) in [7, 11) is 1.83. The van der Waals surface area contributed by atoms with Crippen LogP contribution in [0.25, 0.3) is 0 Å². The Hall–Kier alpha value is -0.370. The lowest BCUT2D eigenvalue weighted by atomic mass is 9.96. The molecule has 1 aromatic heterocycles. The maximum atomic E-state index is 4.28. The van der Waals surface area contributed by atoms with Crippen molar-refractivity contribution < 1.29 is 0 Å². The number of rotatable bonds is 3. The zero-order chi connectivity index (χ0) is 12.8. The van der Waals surface area contributed by atoms with Gasteiger partial charge in [0.15, 0.2) is 5.96 Å². The second kappa shape index (κ2) is 8.73. The molecule has 1 heterocycles. The Morgan fingerprint density at radius 3 is 2.74 bits per heavy atom. The van der Waals surface area contributed by atoms with Crippen molar-refractivity contribution in [3.8, 4) is 0 Å². The number of hydrogen-bond acceptors (Lipinski definition) is 3. The summed E-state index contributed by atoms with van der Waals surface area (Å²) in [5.41, 5.74) is 0. The molecule has 0 bridgehead atoms. The van der Waals surface area contributed by atoms with Gasteiger partial charge in [-0.25, -0.2) is 4.98 Å². The van der Waals surface area contributed by atoms with Gasteiger partial charge in [-0.3, -0.25) is 4.99 Å². The van der Waals surface area contributed by atoms with E-state index in [1.54, 1.807) is 11.3 Å². The number of aromatic nitrogens is 1. The quantitative estimate of drug-likeness (QED) is 0.471. The zero-order valence-electron chi connectivity index (χ0n) is 11.6. The van der Waals surface area contributed by atoms with Gasteiger partial charge in [0.1, 0.15) is 0 Å². The summed E-state index contributed by atoms with van der Waals surface area (Å²) < 4.78 is 0. The van der Waals surface area contributed by atoms with Gasteiger partial charge in [-0.05, 0) is 19.8 Å². The van der Waals surface area contributed by atoms with Crippen LogP contribution in [0.1, 0.15) is 42.0 Å². The molecule has 0 aromatic carbocycles. The van der Waals surface area contributed by atoms with E-state index < -0.39 is 0 Å². The molecule has 0 unspecified atom stereocenters. The summed E-state index contributed by atoms with van der Waals surface area (Å²) in [6, 6.07) is 0.591. The molecule has 0 radical (unpaired) electrons. The fourth-order valence-corrected chi connectivity index (χ4v) is 3.03. The molecular weight excluding hydrogens is 371 g/mol. The van der Waals surface area contributed by atoms with Crippen molar-refractivity contribution in [2.45, 2.75) is 51.6 Å². The van der Waals surface area contributed by atoms with Gasteiger partial charge in [0.05, 0.1) is 11.6 Å². The molecule has 1 aliphatic rings. The first-order valence-corrected chi connectivity index (χ1v) is 7.48. The Kier molecular flexibility index (Phi) is 7.67. The number of thiazole rings is 1. The fourth-order valence-electron chi connectivity index (χ4n) is 2.29. The first kappa shape index (κ1) is 16.7. The SMILES string of the molecule is CN=C(NCc1cnc(C)s1)NC1CCCCC1.I. The minimum atomic E-state index is 0. The van der Waals surface area contributed by atoms with Crippen molar-refractivity contribution >= 4 is 41.3 Å². The highest BCUT2D eigenvalue weighted by atomic mass is 127. The van der Waals surface area contributed by atoms with Crippen molar-refractivity contribution in [2.24, 2.45) is 4.99 Å². The largest absolute Gasteiger partial charge is 0.354 e. The molecule has 1 aromatic rings. The summed E-state index contributed by atoms with van der Waals surface area (Å²) in [6.45, 7) is 2.83. The summed E-state index contributed by atoms with van der Waals surface area (Å²) in [4.78, 5) is 9.79. The fraction of sp³-hybridized carbons (Fsp3) is 0.692. The van der Waals surface area contributed by atoms with Crippen LogP contribution in [0, 0.1) is 6.92 Å². The number of aryl methyl sites for hydroxylation is 1. The van der Waals surface area contributed by atoms with E-state index >= 15 is 0 Å². The molecule has 2 N–H and O–H groups in total. The predicted molar refractivity (Wildman–Crippen MR) is 92.5 cm³/mol. The third-order valence-electron chi connectivity index (χ3n) is 3.27. The summed E-state index contributed by atoms with van der Waals surface area (Å²) in [5, 5.41) is 7.97. The van der Waals surface area contributed by atoms with E-state index in [9.17, 15) is 0 Å². The molecule has 4 nitrogen and oxygen atoms in total. The second-order valence-corrected chi connectivity index (χ2v) is 6.07. The number of aliphatic imine (C=N–C) groups is 1. The second-order valence-electron chi connectivity index (χ2n) is 4.75. The summed E-state index contributed by atoms with van der Waals surface area (Å²) in [6.07, 6.45) is 8.51. The Bertz CT molecular complexity index is 399. The van der Waals surface area contributed by atoms with Crippen LogP contribution in [0.15, 0.2) is 11.2 Å².